The van der Waals surface area contributed by atoms with Crippen molar-refractivity contribution in [3.05, 3.63) is 28.8 Å². The molecule has 0 bridgehead atoms. The summed E-state index contributed by atoms with van der Waals surface area (Å²) in [7, 11) is 0. The number of carbonyl (C=O) groups is 1. The highest BCUT2D eigenvalue weighted by Crippen LogP contribution is 2.37. The Labute approximate surface area is 147 Å². The Morgan fingerprint density at radius 1 is 1.41 bits per heavy atom. The molecule has 22 heavy (non-hydrogen) atoms. The molecule has 2 aliphatic heterocycles. The lowest BCUT2D eigenvalue weighted by Gasteiger charge is -2.26. The number of hydrogen-bond donors (Lipinski definition) is 2. The van der Waals surface area contributed by atoms with Crippen molar-refractivity contribution in [1.82, 2.24) is 10.6 Å². The molecule has 2 atom stereocenters. The van der Waals surface area contributed by atoms with Crippen molar-refractivity contribution in [3.8, 4) is 0 Å². The van der Waals surface area contributed by atoms with Gasteiger partial charge >= 0.3 is 0 Å². The number of nitrogens with one attached hydrogen (secondary N) is 2. The van der Waals surface area contributed by atoms with Crippen LogP contribution in [0.15, 0.2) is 23.1 Å². The van der Waals surface area contributed by atoms with E-state index in [0.29, 0.717) is 12.5 Å². The zero-order valence-electron chi connectivity index (χ0n) is 12.4. The molecule has 2 N–H and O–H groups in total. The van der Waals surface area contributed by atoms with Crippen molar-refractivity contribution in [2.75, 3.05) is 12.3 Å². The van der Waals surface area contributed by atoms with Crippen LogP contribution >= 0.6 is 35.8 Å². The first-order valence-corrected chi connectivity index (χ1v) is 9.04. The van der Waals surface area contributed by atoms with E-state index in [9.17, 15) is 4.79 Å². The van der Waals surface area contributed by atoms with Crippen molar-refractivity contribution in [1.29, 1.82) is 0 Å². The second-order valence-corrected chi connectivity index (χ2v) is 7.34. The Kier molecular flexibility index (Phi) is 6.87. The van der Waals surface area contributed by atoms with Crippen LogP contribution in [0.25, 0.3) is 0 Å². The molecule has 1 saturated heterocycles. The number of hydrogen-bond acceptors (Lipinski definition) is 3. The van der Waals surface area contributed by atoms with Gasteiger partial charge in [-0.05, 0) is 56.0 Å². The molecule has 3 rings (SSSR count). The van der Waals surface area contributed by atoms with E-state index < -0.39 is 0 Å². The summed E-state index contributed by atoms with van der Waals surface area (Å²) in [5.74, 6) is 1.20. The molecule has 6 heteroatoms. The van der Waals surface area contributed by atoms with E-state index in [2.05, 4.69) is 16.7 Å². The zero-order valence-corrected chi connectivity index (χ0v) is 14.8. The lowest BCUT2D eigenvalue weighted by molar-refractivity contribution is -0.122. The molecule has 0 aromatic heterocycles. The zero-order chi connectivity index (χ0) is 14.7. The molecule has 2 unspecified atom stereocenters. The van der Waals surface area contributed by atoms with Gasteiger partial charge in [-0.2, -0.15) is 0 Å². The van der Waals surface area contributed by atoms with Gasteiger partial charge in [-0.3, -0.25) is 4.79 Å². The molecule has 2 heterocycles. The molecule has 0 spiro atoms. The van der Waals surface area contributed by atoms with Gasteiger partial charge in [-0.1, -0.05) is 11.6 Å². The van der Waals surface area contributed by atoms with Crippen LogP contribution in [0.3, 0.4) is 0 Å². The van der Waals surface area contributed by atoms with E-state index in [1.54, 1.807) is 0 Å². The van der Waals surface area contributed by atoms with Gasteiger partial charge in [0.2, 0.25) is 5.91 Å². The number of amides is 1. The summed E-state index contributed by atoms with van der Waals surface area (Å²) in [5.41, 5.74) is 1.17. The van der Waals surface area contributed by atoms with Gasteiger partial charge in [-0.15, -0.1) is 24.2 Å². The molecule has 1 aromatic rings. The summed E-state index contributed by atoms with van der Waals surface area (Å²) < 4.78 is 0. The van der Waals surface area contributed by atoms with Crippen molar-refractivity contribution in [2.24, 2.45) is 0 Å². The van der Waals surface area contributed by atoms with Gasteiger partial charge < -0.3 is 10.6 Å². The van der Waals surface area contributed by atoms with Crippen molar-refractivity contribution in [3.63, 3.8) is 0 Å². The minimum Gasteiger partial charge on any atom is -0.349 e. The van der Waals surface area contributed by atoms with Crippen LogP contribution < -0.4 is 10.6 Å². The van der Waals surface area contributed by atoms with E-state index in [1.165, 1.54) is 23.3 Å². The van der Waals surface area contributed by atoms with Crippen LogP contribution in [0, 0.1) is 0 Å². The van der Waals surface area contributed by atoms with Crippen molar-refractivity contribution >= 4 is 41.7 Å². The third-order valence-electron chi connectivity index (χ3n) is 4.23. The number of rotatable bonds is 4. The van der Waals surface area contributed by atoms with Crippen LogP contribution in [0.4, 0.5) is 0 Å². The molecule has 1 aromatic carbocycles. The predicted octanol–water partition coefficient (Wildman–Crippen LogP) is 3.95. The lowest BCUT2D eigenvalue weighted by atomic mass is 10.0. The molecule has 0 aliphatic carbocycles. The van der Waals surface area contributed by atoms with Gasteiger partial charge in [0.05, 0.1) is 6.04 Å². The van der Waals surface area contributed by atoms with Gasteiger partial charge in [-0.25, -0.2) is 0 Å². The summed E-state index contributed by atoms with van der Waals surface area (Å²) in [6.07, 6.45) is 4.96. The summed E-state index contributed by atoms with van der Waals surface area (Å²) >= 11 is 7.94. The fourth-order valence-corrected chi connectivity index (χ4v) is 4.38. The van der Waals surface area contributed by atoms with Crippen LogP contribution in [0.5, 0.6) is 0 Å². The number of thioether (sulfide) groups is 1. The maximum Gasteiger partial charge on any atom is 0.220 e. The topological polar surface area (TPSA) is 41.1 Å². The van der Waals surface area contributed by atoms with E-state index in [-0.39, 0.29) is 24.4 Å². The maximum atomic E-state index is 12.2. The third kappa shape index (κ3) is 4.54. The molecule has 0 saturated carbocycles. The number of carbonyl (C=O) groups excluding carboxylic acids is 1. The Balaban J connectivity index is 0.00000176. The Morgan fingerprint density at radius 2 is 2.27 bits per heavy atom. The SMILES string of the molecule is Cl.O=C(CCC1CCCN1)NC1CCSc2ccc(Cl)cc21. The highest BCUT2D eigenvalue weighted by Gasteiger charge is 2.23. The van der Waals surface area contributed by atoms with Crippen LogP contribution in [-0.4, -0.2) is 24.2 Å². The normalized spacial score (nSPS) is 23.5. The minimum atomic E-state index is 0. The summed E-state index contributed by atoms with van der Waals surface area (Å²) in [4.78, 5) is 13.4. The van der Waals surface area contributed by atoms with E-state index in [1.807, 2.05) is 23.9 Å². The molecule has 0 radical (unpaired) electrons. The molecular formula is C16H22Cl2N2OS. The summed E-state index contributed by atoms with van der Waals surface area (Å²) in [6, 6.07) is 6.61. The Bertz CT molecular complexity index is 521. The highest BCUT2D eigenvalue weighted by molar-refractivity contribution is 7.99. The second kappa shape index (κ2) is 8.44. The number of fused-ring (bicyclic) bond motifs is 1. The minimum absolute atomic E-state index is 0. The molecule has 1 amide bonds. The van der Waals surface area contributed by atoms with Gasteiger partial charge in [0.1, 0.15) is 0 Å². The first kappa shape index (κ1) is 17.9. The average molecular weight is 361 g/mol. The smallest absolute Gasteiger partial charge is 0.220 e. The monoisotopic (exact) mass is 360 g/mol. The van der Waals surface area contributed by atoms with Gasteiger partial charge in [0.15, 0.2) is 0 Å². The Hall–Kier alpha value is -0.420. The average Bonchev–Trinajstić information content (AvgIpc) is 2.99. The van der Waals surface area contributed by atoms with Gasteiger partial charge in [0.25, 0.3) is 0 Å². The standard InChI is InChI=1S/C16H21ClN2OS.ClH/c17-11-3-5-15-13(10-11)14(7-9-21-15)19-16(20)6-4-12-2-1-8-18-12;/h3,5,10,12,14,18H,1-2,4,6-9H2,(H,19,20);1H. The van der Waals surface area contributed by atoms with Crippen LogP contribution in [0.1, 0.15) is 43.7 Å². The molecule has 2 aliphatic rings. The number of benzene rings is 1. The summed E-state index contributed by atoms with van der Waals surface area (Å²) in [6.45, 7) is 1.10. The fraction of sp³-hybridized carbons (Fsp3) is 0.562. The fourth-order valence-electron chi connectivity index (χ4n) is 3.09. The third-order valence-corrected chi connectivity index (χ3v) is 5.59. The molecule has 122 valence electrons. The van der Waals surface area contributed by atoms with E-state index in [0.717, 1.165) is 30.2 Å². The van der Waals surface area contributed by atoms with E-state index >= 15 is 0 Å². The van der Waals surface area contributed by atoms with E-state index in [4.69, 9.17) is 11.6 Å². The Morgan fingerprint density at radius 3 is 3.05 bits per heavy atom. The first-order valence-electron chi connectivity index (χ1n) is 7.67. The second-order valence-electron chi connectivity index (χ2n) is 5.77. The maximum absolute atomic E-state index is 12.2. The molecule has 3 nitrogen and oxygen atoms in total. The quantitative estimate of drug-likeness (QED) is 0.853. The predicted molar refractivity (Wildman–Crippen MR) is 95.2 cm³/mol. The van der Waals surface area contributed by atoms with Crippen LogP contribution in [0.2, 0.25) is 5.02 Å². The lowest BCUT2D eigenvalue weighted by Crippen LogP contribution is -2.32. The molecule has 1 fully saturated rings. The van der Waals surface area contributed by atoms with Crippen LogP contribution in [-0.2, 0) is 4.79 Å². The summed E-state index contributed by atoms with van der Waals surface area (Å²) in [5, 5.41) is 7.37. The van der Waals surface area contributed by atoms with Crippen molar-refractivity contribution in [2.45, 2.75) is 49.1 Å². The molecular weight excluding hydrogens is 339 g/mol. The number of halogens is 2. The van der Waals surface area contributed by atoms with Crippen molar-refractivity contribution < 1.29 is 4.79 Å². The first-order chi connectivity index (χ1) is 10.2. The highest BCUT2D eigenvalue weighted by atomic mass is 35.5. The largest absolute Gasteiger partial charge is 0.349 e. The van der Waals surface area contributed by atoms with Gasteiger partial charge in [0, 0.05) is 28.1 Å².